The number of rotatable bonds is 10. The molecule has 0 bridgehead atoms. The number of hydrogen-bond donors (Lipinski definition) is 2. The zero-order valence-electron chi connectivity index (χ0n) is 24.6. The normalized spacial score (nSPS) is 19.4. The van der Waals surface area contributed by atoms with E-state index in [1.165, 1.54) is 10.5 Å². The predicted octanol–water partition coefficient (Wildman–Crippen LogP) is 6.68. The number of nitrogens with one attached hydrogen (secondary N) is 2. The average Bonchev–Trinajstić information content (AvgIpc) is 3.71. The summed E-state index contributed by atoms with van der Waals surface area (Å²) in [4.78, 5) is 38.5. The number of halogens is 8. The van der Waals surface area contributed by atoms with Gasteiger partial charge in [0.25, 0.3) is 5.91 Å². The highest BCUT2D eigenvalue weighted by Gasteiger charge is 2.41. The van der Waals surface area contributed by atoms with Crippen molar-refractivity contribution in [2.45, 2.75) is 88.6 Å². The molecule has 3 heterocycles. The van der Waals surface area contributed by atoms with Crippen LogP contribution in [-0.2, 0) is 11.2 Å². The minimum absolute atomic E-state index is 0.0203. The summed E-state index contributed by atoms with van der Waals surface area (Å²) in [5, 5.41) is 5.45. The third-order valence-corrected chi connectivity index (χ3v) is 8.44. The third kappa shape index (κ3) is 8.49. The highest BCUT2D eigenvalue weighted by Crippen LogP contribution is 2.43. The quantitative estimate of drug-likeness (QED) is 0.236. The van der Waals surface area contributed by atoms with Gasteiger partial charge in [-0.15, -0.1) is 0 Å². The molecule has 46 heavy (non-hydrogen) atoms. The van der Waals surface area contributed by atoms with Crippen molar-refractivity contribution in [2.75, 3.05) is 0 Å². The summed E-state index contributed by atoms with van der Waals surface area (Å²) in [5.41, 5.74) is 0.215. The van der Waals surface area contributed by atoms with Crippen molar-refractivity contribution in [3.8, 4) is 0 Å². The van der Waals surface area contributed by atoms with Crippen molar-refractivity contribution in [1.29, 1.82) is 0 Å². The molecule has 3 aromatic heterocycles. The minimum atomic E-state index is -4.54. The van der Waals surface area contributed by atoms with Gasteiger partial charge in [0.1, 0.15) is 0 Å². The summed E-state index contributed by atoms with van der Waals surface area (Å²) >= 11 is 0. The topological polar surface area (TPSA) is 101 Å². The van der Waals surface area contributed by atoms with Crippen LogP contribution < -0.4 is 10.6 Å². The van der Waals surface area contributed by atoms with Crippen LogP contribution in [0.1, 0.15) is 91.4 Å². The number of nitrogens with zero attached hydrogens (tertiary/aromatic N) is 4. The Morgan fingerprint density at radius 2 is 1.59 bits per heavy atom. The van der Waals surface area contributed by atoms with Crippen molar-refractivity contribution < 1.29 is 44.7 Å². The lowest BCUT2D eigenvalue weighted by Crippen LogP contribution is -2.37. The highest BCUT2D eigenvalue weighted by molar-refractivity contribution is 5.94. The van der Waals surface area contributed by atoms with E-state index in [0.29, 0.717) is 5.69 Å². The van der Waals surface area contributed by atoms with Crippen LogP contribution in [0.4, 0.5) is 35.1 Å². The Morgan fingerprint density at radius 1 is 0.957 bits per heavy atom. The molecule has 0 spiro atoms. The van der Waals surface area contributed by atoms with Gasteiger partial charge in [-0.05, 0) is 55.7 Å². The summed E-state index contributed by atoms with van der Waals surface area (Å²) in [6.45, 7) is 0.931. The van der Waals surface area contributed by atoms with Gasteiger partial charge >= 0.3 is 12.4 Å². The zero-order chi connectivity index (χ0) is 33.4. The van der Waals surface area contributed by atoms with Gasteiger partial charge in [0.15, 0.2) is 0 Å². The summed E-state index contributed by atoms with van der Waals surface area (Å²) in [7, 11) is 0. The lowest BCUT2D eigenvalue weighted by Gasteiger charge is -2.33. The average molecular weight is 661 g/mol. The van der Waals surface area contributed by atoms with E-state index in [9.17, 15) is 44.7 Å². The van der Waals surface area contributed by atoms with Crippen molar-refractivity contribution in [3.63, 3.8) is 0 Å². The van der Waals surface area contributed by atoms with Gasteiger partial charge in [-0.25, -0.2) is 18.7 Å². The first-order chi connectivity index (χ1) is 21.5. The van der Waals surface area contributed by atoms with Crippen LogP contribution in [0.2, 0.25) is 0 Å². The van der Waals surface area contributed by atoms with Crippen molar-refractivity contribution in [3.05, 3.63) is 59.4 Å². The minimum Gasteiger partial charge on any atom is -0.347 e. The predicted molar refractivity (Wildman–Crippen MR) is 148 cm³/mol. The second kappa shape index (κ2) is 12.7. The molecule has 2 aliphatic carbocycles. The van der Waals surface area contributed by atoms with E-state index in [-0.39, 0.29) is 41.5 Å². The highest BCUT2D eigenvalue weighted by atomic mass is 19.4. The van der Waals surface area contributed by atoms with E-state index in [2.05, 4.69) is 25.6 Å². The molecule has 250 valence electrons. The number of amides is 2. The fourth-order valence-electron chi connectivity index (χ4n) is 5.69. The summed E-state index contributed by atoms with van der Waals surface area (Å²) < 4.78 is 107. The van der Waals surface area contributed by atoms with Gasteiger partial charge in [0, 0.05) is 43.4 Å². The molecule has 2 N–H and O–H groups in total. The van der Waals surface area contributed by atoms with E-state index < -0.39 is 79.7 Å². The molecular formula is C30H32F8N6O2. The number of pyridine rings is 1. The standard InChI is InChI=1S/C30H32F8N6O2/c1-16(30(36,37)38)12-23(45)42-24(17-2-3-17)21-7-11-44-15-22(41-27(44)40-21)25(18-4-8-28(31,32)9-5-18)43-26(46)19-6-10-39-20(13-19)14-29(33,34)35/h6-7,10-11,13,15-18,24-25H,2-5,8-9,12,14H2,1H3,(H,42,45)(H,43,46)/t16-,24?,25-/m0/s1. The fraction of sp³-hybridized carbons (Fsp3) is 0.567. The smallest absolute Gasteiger partial charge is 0.347 e. The molecule has 0 aliphatic heterocycles. The Hall–Kier alpha value is -3.85. The zero-order valence-corrected chi connectivity index (χ0v) is 24.6. The second-order valence-electron chi connectivity index (χ2n) is 12.2. The Morgan fingerprint density at radius 3 is 2.22 bits per heavy atom. The molecule has 2 aliphatic rings. The van der Waals surface area contributed by atoms with Gasteiger partial charge in [0.05, 0.1) is 41.5 Å². The SMILES string of the molecule is C[C@@H](CC(=O)NC(c1ccn2cc([C@@H](NC(=O)c3ccnc(CC(F)(F)F)c3)C3CCC(F)(F)CC3)nc2n1)C1CC1)C(F)(F)F. The molecule has 16 heteroatoms. The van der Waals surface area contributed by atoms with E-state index in [4.69, 9.17) is 0 Å². The fourth-order valence-corrected chi connectivity index (χ4v) is 5.69. The second-order valence-corrected chi connectivity index (χ2v) is 12.2. The molecule has 2 amide bonds. The Bertz CT molecular complexity index is 1560. The summed E-state index contributed by atoms with van der Waals surface area (Å²) in [6.07, 6.45) is -6.14. The van der Waals surface area contributed by atoms with Gasteiger partial charge in [-0.3, -0.25) is 19.0 Å². The summed E-state index contributed by atoms with van der Waals surface area (Å²) in [6, 6.07) is 2.33. The molecule has 3 atom stereocenters. The van der Waals surface area contributed by atoms with Crippen molar-refractivity contribution in [1.82, 2.24) is 30.0 Å². The van der Waals surface area contributed by atoms with Crippen LogP contribution in [0.3, 0.4) is 0 Å². The van der Waals surface area contributed by atoms with Crippen LogP contribution in [0.15, 0.2) is 36.8 Å². The maximum absolute atomic E-state index is 14.0. The van der Waals surface area contributed by atoms with Crippen LogP contribution in [-0.4, -0.2) is 49.4 Å². The molecule has 5 rings (SSSR count). The monoisotopic (exact) mass is 660 g/mol. The molecule has 8 nitrogen and oxygen atoms in total. The number of hydrogen-bond acceptors (Lipinski definition) is 5. The Kier molecular flexibility index (Phi) is 9.28. The van der Waals surface area contributed by atoms with Crippen LogP contribution in [0.5, 0.6) is 0 Å². The first-order valence-electron chi connectivity index (χ1n) is 14.9. The van der Waals surface area contributed by atoms with Gasteiger partial charge in [-0.1, -0.05) is 6.92 Å². The largest absolute Gasteiger partial charge is 0.394 e. The van der Waals surface area contributed by atoms with E-state index in [1.807, 2.05) is 0 Å². The van der Waals surface area contributed by atoms with E-state index in [1.54, 1.807) is 18.5 Å². The summed E-state index contributed by atoms with van der Waals surface area (Å²) in [5.74, 6) is -6.53. The number of imidazole rings is 1. The molecular weight excluding hydrogens is 628 g/mol. The number of carbonyl (C=O) groups is 2. The van der Waals surface area contributed by atoms with Crippen LogP contribution in [0, 0.1) is 17.8 Å². The maximum atomic E-state index is 14.0. The lowest BCUT2D eigenvalue weighted by molar-refractivity contribution is -0.174. The Labute approximate surface area is 258 Å². The van der Waals surface area contributed by atoms with Gasteiger partial charge in [-0.2, -0.15) is 26.3 Å². The first-order valence-corrected chi connectivity index (χ1v) is 14.9. The number of aromatic nitrogens is 4. The third-order valence-electron chi connectivity index (χ3n) is 8.44. The van der Waals surface area contributed by atoms with Gasteiger partial charge in [0.2, 0.25) is 17.6 Å². The molecule has 3 aromatic rings. The maximum Gasteiger partial charge on any atom is 0.394 e. The molecule has 2 fully saturated rings. The van der Waals surface area contributed by atoms with Crippen LogP contribution >= 0.6 is 0 Å². The molecule has 2 saturated carbocycles. The lowest BCUT2D eigenvalue weighted by atomic mass is 9.81. The first kappa shape index (κ1) is 33.5. The van der Waals surface area contributed by atoms with E-state index >= 15 is 0 Å². The Balaban J connectivity index is 1.40. The molecule has 0 aromatic carbocycles. The number of carbonyl (C=O) groups excluding carboxylic acids is 2. The molecule has 0 saturated heterocycles. The van der Waals surface area contributed by atoms with Crippen molar-refractivity contribution in [2.24, 2.45) is 17.8 Å². The van der Waals surface area contributed by atoms with Crippen LogP contribution in [0.25, 0.3) is 5.78 Å². The molecule has 0 radical (unpaired) electrons. The number of fused-ring (bicyclic) bond motifs is 1. The number of alkyl halides is 8. The van der Waals surface area contributed by atoms with Gasteiger partial charge < -0.3 is 10.6 Å². The van der Waals surface area contributed by atoms with E-state index in [0.717, 1.165) is 32.0 Å². The molecule has 1 unspecified atom stereocenters. The van der Waals surface area contributed by atoms with Crippen molar-refractivity contribution >= 4 is 17.6 Å².